The summed E-state index contributed by atoms with van der Waals surface area (Å²) in [5, 5.41) is 0. The molecule has 0 amide bonds. The van der Waals surface area contributed by atoms with Gasteiger partial charge in [0.1, 0.15) is 5.82 Å². The zero-order chi connectivity index (χ0) is 11.5. The molecule has 2 N–H and O–H groups in total. The standard InChI is InChI=1S/C12H19N3O/c1-9-6-12(14-7-11(9)13)15(2)8-10-4-3-5-16-10/h6-7,10H,3-5,8,13H2,1-2H3. The molecule has 1 aromatic rings. The summed E-state index contributed by atoms with van der Waals surface area (Å²) in [6.07, 6.45) is 4.39. The molecular weight excluding hydrogens is 202 g/mol. The number of nitrogen functional groups attached to an aromatic ring is 1. The van der Waals surface area contributed by atoms with Crippen LogP contribution < -0.4 is 10.6 Å². The lowest BCUT2D eigenvalue weighted by Gasteiger charge is -2.22. The number of nitrogens with two attached hydrogens (primary N) is 1. The van der Waals surface area contributed by atoms with E-state index < -0.39 is 0 Å². The average Bonchev–Trinajstić information content (AvgIpc) is 2.74. The van der Waals surface area contributed by atoms with Crippen molar-refractivity contribution in [3.05, 3.63) is 17.8 Å². The fourth-order valence-electron chi connectivity index (χ4n) is 1.95. The zero-order valence-electron chi connectivity index (χ0n) is 9.94. The Morgan fingerprint density at radius 3 is 3.06 bits per heavy atom. The zero-order valence-corrected chi connectivity index (χ0v) is 9.94. The van der Waals surface area contributed by atoms with Gasteiger partial charge in [-0.25, -0.2) is 4.98 Å². The first kappa shape index (κ1) is 11.2. The minimum absolute atomic E-state index is 0.352. The number of ether oxygens (including phenoxy) is 1. The highest BCUT2D eigenvalue weighted by atomic mass is 16.5. The van der Waals surface area contributed by atoms with Crippen LogP contribution >= 0.6 is 0 Å². The first-order valence-electron chi connectivity index (χ1n) is 5.71. The number of aryl methyl sites for hydroxylation is 1. The number of aromatic nitrogens is 1. The summed E-state index contributed by atoms with van der Waals surface area (Å²) < 4.78 is 5.60. The van der Waals surface area contributed by atoms with E-state index in [9.17, 15) is 0 Å². The van der Waals surface area contributed by atoms with Gasteiger partial charge in [0.05, 0.1) is 18.0 Å². The van der Waals surface area contributed by atoms with Crippen LogP contribution in [0.15, 0.2) is 12.3 Å². The van der Waals surface area contributed by atoms with E-state index in [1.54, 1.807) is 6.20 Å². The van der Waals surface area contributed by atoms with E-state index in [1.165, 1.54) is 6.42 Å². The van der Waals surface area contributed by atoms with Crippen molar-refractivity contribution in [1.82, 2.24) is 4.98 Å². The largest absolute Gasteiger partial charge is 0.397 e. The van der Waals surface area contributed by atoms with Crippen molar-refractivity contribution in [3.8, 4) is 0 Å². The summed E-state index contributed by atoms with van der Waals surface area (Å²) in [4.78, 5) is 6.45. The maximum absolute atomic E-state index is 5.75. The Morgan fingerprint density at radius 2 is 2.44 bits per heavy atom. The third kappa shape index (κ3) is 2.44. The number of nitrogens with zero attached hydrogens (tertiary/aromatic N) is 2. The maximum Gasteiger partial charge on any atom is 0.128 e. The molecular formula is C12H19N3O. The van der Waals surface area contributed by atoms with Crippen LogP contribution in [0.4, 0.5) is 11.5 Å². The van der Waals surface area contributed by atoms with E-state index in [4.69, 9.17) is 10.5 Å². The fraction of sp³-hybridized carbons (Fsp3) is 0.583. The van der Waals surface area contributed by atoms with Gasteiger partial charge < -0.3 is 15.4 Å². The van der Waals surface area contributed by atoms with Gasteiger partial charge in [-0.15, -0.1) is 0 Å². The molecule has 1 fully saturated rings. The van der Waals surface area contributed by atoms with Crippen LogP contribution in [0.25, 0.3) is 0 Å². The van der Waals surface area contributed by atoms with Gasteiger partial charge >= 0.3 is 0 Å². The fourth-order valence-corrected chi connectivity index (χ4v) is 1.95. The molecule has 0 aliphatic carbocycles. The molecule has 2 heterocycles. The third-order valence-electron chi connectivity index (χ3n) is 3.03. The summed E-state index contributed by atoms with van der Waals surface area (Å²) in [7, 11) is 2.04. The highest BCUT2D eigenvalue weighted by Crippen LogP contribution is 2.19. The number of anilines is 2. The quantitative estimate of drug-likeness (QED) is 0.842. The molecule has 1 aromatic heterocycles. The van der Waals surface area contributed by atoms with E-state index in [0.717, 1.165) is 36.6 Å². The SMILES string of the molecule is Cc1cc(N(C)CC2CCCO2)ncc1N. The van der Waals surface area contributed by atoms with E-state index >= 15 is 0 Å². The Kier molecular flexibility index (Phi) is 3.29. The highest BCUT2D eigenvalue weighted by molar-refractivity contribution is 5.51. The molecule has 0 radical (unpaired) electrons. The number of pyridine rings is 1. The Morgan fingerprint density at radius 1 is 1.62 bits per heavy atom. The van der Waals surface area contributed by atoms with Crippen LogP contribution in [0.1, 0.15) is 18.4 Å². The second-order valence-electron chi connectivity index (χ2n) is 4.41. The van der Waals surface area contributed by atoms with E-state index in [-0.39, 0.29) is 0 Å². The lowest BCUT2D eigenvalue weighted by Crippen LogP contribution is -2.29. The molecule has 1 aliphatic heterocycles. The molecule has 4 heteroatoms. The third-order valence-corrected chi connectivity index (χ3v) is 3.03. The molecule has 1 saturated heterocycles. The van der Waals surface area contributed by atoms with Gasteiger partial charge in [-0.3, -0.25) is 0 Å². The van der Waals surface area contributed by atoms with Crippen LogP contribution in [0.3, 0.4) is 0 Å². The smallest absolute Gasteiger partial charge is 0.128 e. The molecule has 16 heavy (non-hydrogen) atoms. The minimum Gasteiger partial charge on any atom is -0.397 e. The van der Waals surface area contributed by atoms with Crippen LogP contribution in [0.2, 0.25) is 0 Å². The predicted molar refractivity (Wildman–Crippen MR) is 65.6 cm³/mol. The van der Waals surface area contributed by atoms with Crippen molar-refractivity contribution in [2.24, 2.45) is 0 Å². The Labute approximate surface area is 96.4 Å². The van der Waals surface area contributed by atoms with Gasteiger partial charge in [-0.2, -0.15) is 0 Å². The summed E-state index contributed by atoms with van der Waals surface area (Å²) in [6, 6.07) is 2.02. The van der Waals surface area contributed by atoms with Gasteiger partial charge in [-0.1, -0.05) is 0 Å². The van der Waals surface area contributed by atoms with Gasteiger partial charge in [-0.05, 0) is 31.4 Å². The average molecular weight is 221 g/mol. The second kappa shape index (κ2) is 4.70. The van der Waals surface area contributed by atoms with Crippen molar-refractivity contribution in [3.63, 3.8) is 0 Å². The summed E-state index contributed by atoms with van der Waals surface area (Å²) in [6.45, 7) is 3.80. The molecule has 0 saturated carbocycles. The molecule has 4 nitrogen and oxygen atoms in total. The number of rotatable bonds is 3. The van der Waals surface area contributed by atoms with Crippen LogP contribution in [-0.2, 0) is 4.74 Å². The van der Waals surface area contributed by atoms with Gasteiger partial charge in [0.25, 0.3) is 0 Å². The Balaban J connectivity index is 2.02. The molecule has 2 rings (SSSR count). The van der Waals surface area contributed by atoms with Crippen LogP contribution in [0.5, 0.6) is 0 Å². The highest BCUT2D eigenvalue weighted by Gasteiger charge is 2.18. The van der Waals surface area contributed by atoms with Crippen molar-refractivity contribution in [1.29, 1.82) is 0 Å². The number of hydrogen-bond acceptors (Lipinski definition) is 4. The normalized spacial score (nSPS) is 20.0. The lowest BCUT2D eigenvalue weighted by atomic mass is 10.2. The van der Waals surface area contributed by atoms with Crippen molar-refractivity contribution in [2.45, 2.75) is 25.9 Å². The summed E-state index contributed by atoms with van der Waals surface area (Å²) in [5.41, 5.74) is 7.56. The molecule has 0 spiro atoms. The Hall–Kier alpha value is -1.29. The molecule has 1 unspecified atom stereocenters. The van der Waals surface area contributed by atoms with Gasteiger partial charge in [0, 0.05) is 20.2 Å². The lowest BCUT2D eigenvalue weighted by molar-refractivity contribution is 0.116. The second-order valence-corrected chi connectivity index (χ2v) is 4.41. The van der Waals surface area contributed by atoms with Crippen molar-refractivity contribution < 1.29 is 4.74 Å². The number of hydrogen-bond donors (Lipinski definition) is 1. The van der Waals surface area contributed by atoms with Crippen molar-refractivity contribution in [2.75, 3.05) is 30.8 Å². The van der Waals surface area contributed by atoms with Crippen molar-refractivity contribution >= 4 is 11.5 Å². The first-order chi connectivity index (χ1) is 7.66. The molecule has 1 atom stereocenters. The van der Waals surface area contributed by atoms with E-state index in [2.05, 4.69) is 9.88 Å². The molecule has 1 aliphatic rings. The van der Waals surface area contributed by atoms with Gasteiger partial charge in [0.2, 0.25) is 0 Å². The minimum atomic E-state index is 0.352. The predicted octanol–water partition coefficient (Wildman–Crippen LogP) is 1.59. The summed E-state index contributed by atoms with van der Waals surface area (Å²) in [5.74, 6) is 0.960. The van der Waals surface area contributed by atoms with Crippen LogP contribution in [-0.4, -0.2) is 31.3 Å². The molecule has 0 aromatic carbocycles. The van der Waals surface area contributed by atoms with E-state index in [1.807, 2.05) is 20.0 Å². The molecule has 0 bridgehead atoms. The van der Waals surface area contributed by atoms with Gasteiger partial charge in [0.15, 0.2) is 0 Å². The topological polar surface area (TPSA) is 51.4 Å². The summed E-state index contributed by atoms with van der Waals surface area (Å²) >= 11 is 0. The first-order valence-corrected chi connectivity index (χ1v) is 5.71. The number of likely N-dealkylation sites (N-methyl/N-ethyl adjacent to an activating group) is 1. The van der Waals surface area contributed by atoms with Crippen LogP contribution in [0, 0.1) is 6.92 Å². The monoisotopic (exact) mass is 221 g/mol. The molecule has 88 valence electrons. The maximum atomic E-state index is 5.75. The Bertz CT molecular complexity index is 361. The van der Waals surface area contributed by atoms with E-state index in [0.29, 0.717) is 6.10 Å².